The van der Waals surface area contributed by atoms with Crippen LogP contribution in [0, 0.1) is 12.3 Å². The minimum atomic E-state index is 0.597. The maximum Gasteiger partial charge on any atom is 0.191 e. The molecule has 1 aromatic rings. The summed E-state index contributed by atoms with van der Waals surface area (Å²) in [5.74, 6) is 2.25. The van der Waals surface area contributed by atoms with Crippen LogP contribution in [0.4, 0.5) is 0 Å². The zero-order chi connectivity index (χ0) is 9.42. The second-order valence-electron chi connectivity index (χ2n) is 3.36. The molecule has 13 heavy (non-hydrogen) atoms. The number of rotatable bonds is 0. The fourth-order valence-corrected chi connectivity index (χ4v) is 1.61. The van der Waals surface area contributed by atoms with Gasteiger partial charge in [0.05, 0.1) is 18.1 Å². The molecule has 1 aromatic heterocycles. The highest BCUT2D eigenvalue weighted by Crippen LogP contribution is 2.19. The van der Waals surface area contributed by atoms with Crippen LogP contribution in [0.5, 0.6) is 0 Å². The number of aromatic nitrogens is 1. The number of aryl methyl sites for hydroxylation is 1. The van der Waals surface area contributed by atoms with Crippen molar-refractivity contribution in [2.75, 3.05) is 6.54 Å². The van der Waals surface area contributed by atoms with Gasteiger partial charge in [-0.1, -0.05) is 0 Å². The lowest BCUT2D eigenvalue weighted by molar-refractivity contribution is 0.331. The summed E-state index contributed by atoms with van der Waals surface area (Å²) in [6, 6.07) is 0. The third-order valence-corrected chi connectivity index (χ3v) is 2.31. The van der Waals surface area contributed by atoms with E-state index >= 15 is 0 Å². The SMILES string of the molecule is CC(=N)N1CCc2nc(C)oc2C1. The molecule has 2 heterocycles. The van der Waals surface area contributed by atoms with Gasteiger partial charge in [-0.3, -0.25) is 5.41 Å². The quantitative estimate of drug-likeness (QED) is 0.483. The highest BCUT2D eigenvalue weighted by atomic mass is 16.4. The Morgan fingerprint density at radius 1 is 1.62 bits per heavy atom. The standard InChI is InChI=1S/C9H13N3O/c1-6(10)12-4-3-8-9(5-12)13-7(2)11-8/h10H,3-5H2,1-2H3. The summed E-state index contributed by atoms with van der Waals surface area (Å²) >= 11 is 0. The Hall–Kier alpha value is -1.32. The lowest BCUT2D eigenvalue weighted by Crippen LogP contribution is -2.33. The summed E-state index contributed by atoms with van der Waals surface area (Å²) < 4.78 is 5.44. The first kappa shape index (κ1) is 8.29. The van der Waals surface area contributed by atoms with Crippen molar-refractivity contribution in [1.29, 1.82) is 5.41 Å². The van der Waals surface area contributed by atoms with Crippen LogP contribution >= 0.6 is 0 Å². The van der Waals surface area contributed by atoms with Crippen molar-refractivity contribution in [2.24, 2.45) is 0 Å². The Morgan fingerprint density at radius 2 is 2.38 bits per heavy atom. The third-order valence-electron chi connectivity index (χ3n) is 2.31. The molecular formula is C9H13N3O. The predicted octanol–water partition coefficient (Wildman–Crippen LogP) is 1.34. The van der Waals surface area contributed by atoms with Crippen LogP contribution in [0.15, 0.2) is 4.42 Å². The van der Waals surface area contributed by atoms with Crippen LogP contribution in [0.2, 0.25) is 0 Å². The smallest absolute Gasteiger partial charge is 0.191 e. The van der Waals surface area contributed by atoms with Gasteiger partial charge in [-0.2, -0.15) is 0 Å². The summed E-state index contributed by atoms with van der Waals surface area (Å²) in [7, 11) is 0. The van der Waals surface area contributed by atoms with E-state index in [9.17, 15) is 0 Å². The Morgan fingerprint density at radius 3 is 3.08 bits per heavy atom. The van der Waals surface area contributed by atoms with Gasteiger partial charge in [-0.25, -0.2) is 4.98 Å². The van der Waals surface area contributed by atoms with E-state index in [1.165, 1.54) is 0 Å². The number of fused-ring (bicyclic) bond motifs is 1. The van der Waals surface area contributed by atoms with Crippen LogP contribution in [0.3, 0.4) is 0 Å². The average molecular weight is 179 g/mol. The summed E-state index contributed by atoms with van der Waals surface area (Å²) in [5.41, 5.74) is 1.06. The molecule has 0 bridgehead atoms. The molecule has 0 saturated heterocycles. The molecule has 0 spiro atoms. The lowest BCUT2D eigenvalue weighted by Gasteiger charge is -2.25. The van der Waals surface area contributed by atoms with Gasteiger partial charge in [0.1, 0.15) is 5.76 Å². The van der Waals surface area contributed by atoms with Crippen molar-refractivity contribution in [3.63, 3.8) is 0 Å². The van der Waals surface area contributed by atoms with Gasteiger partial charge in [0.15, 0.2) is 5.89 Å². The number of nitrogens with one attached hydrogen (secondary N) is 1. The maximum absolute atomic E-state index is 7.50. The first-order valence-corrected chi connectivity index (χ1v) is 4.42. The molecule has 2 rings (SSSR count). The van der Waals surface area contributed by atoms with E-state index in [2.05, 4.69) is 4.98 Å². The average Bonchev–Trinajstić information content (AvgIpc) is 2.42. The molecule has 70 valence electrons. The molecule has 0 saturated carbocycles. The minimum absolute atomic E-state index is 0.597. The van der Waals surface area contributed by atoms with Gasteiger partial charge in [0.2, 0.25) is 0 Å². The first-order chi connectivity index (χ1) is 6.16. The van der Waals surface area contributed by atoms with E-state index < -0.39 is 0 Å². The second-order valence-corrected chi connectivity index (χ2v) is 3.36. The van der Waals surface area contributed by atoms with Crippen LogP contribution in [0.1, 0.15) is 24.3 Å². The highest BCUT2D eigenvalue weighted by Gasteiger charge is 2.21. The van der Waals surface area contributed by atoms with Crippen LogP contribution in [-0.4, -0.2) is 22.3 Å². The van der Waals surface area contributed by atoms with E-state index in [0.29, 0.717) is 12.4 Å². The fraction of sp³-hybridized carbons (Fsp3) is 0.556. The molecule has 0 atom stereocenters. The monoisotopic (exact) mass is 179 g/mol. The van der Waals surface area contributed by atoms with Crippen LogP contribution in [-0.2, 0) is 13.0 Å². The van der Waals surface area contributed by atoms with Crippen molar-refractivity contribution in [1.82, 2.24) is 9.88 Å². The van der Waals surface area contributed by atoms with Crippen molar-refractivity contribution in [3.05, 3.63) is 17.3 Å². The van der Waals surface area contributed by atoms with E-state index in [4.69, 9.17) is 9.83 Å². The topological polar surface area (TPSA) is 53.1 Å². The molecule has 4 nitrogen and oxygen atoms in total. The lowest BCUT2D eigenvalue weighted by atomic mass is 10.1. The Kier molecular flexibility index (Phi) is 1.83. The zero-order valence-corrected chi connectivity index (χ0v) is 7.92. The predicted molar refractivity (Wildman–Crippen MR) is 48.8 cm³/mol. The molecule has 4 heteroatoms. The molecule has 1 N–H and O–H groups in total. The summed E-state index contributed by atoms with van der Waals surface area (Å²) in [5, 5.41) is 7.50. The Bertz CT molecular complexity index is 343. The van der Waals surface area contributed by atoms with Gasteiger partial charge in [0, 0.05) is 19.9 Å². The second kappa shape index (κ2) is 2.87. The van der Waals surface area contributed by atoms with Gasteiger partial charge in [0.25, 0.3) is 0 Å². The van der Waals surface area contributed by atoms with Gasteiger partial charge < -0.3 is 9.32 Å². The van der Waals surface area contributed by atoms with E-state index in [-0.39, 0.29) is 0 Å². The largest absolute Gasteiger partial charge is 0.444 e. The Balaban J connectivity index is 2.24. The number of hydrogen-bond acceptors (Lipinski definition) is 3. The van der Waals surface area contributed by atoms with Crippen molar-refractivity contribution in [3.8, 4) is 0 Å². The third kappa shape index (κ3) is 1.43. The summed E-state index contributed by atoms with van der Waals surface area (Å²) in [4.78, 5) is 6.27. The number of oxazole rings is 1. The number of nitrogens with zero attached hydrogens (tertiary/aromatic N) is 2. The van der Waals surface area contributed by atoms with Crippen LogP contribution in [0.25, 0.3) is 0 Å². The number of amidine groups is 1. The summed E-state index contributed by atoms with van der Waals surface area (Å²) in [6.45, 7) is 5.24. The van der Waals surface area contributed by atoms with Gasteiger partial charge in [-0.05, 0) is 6.92 Å². The first-order valence-electron chi connectivity index (χ1n) is 4.42. The van der Waals surface area contributed by atoms with Crippen molar-refractivity contribution < 1.29 is 4.42 Å². The van der Waals surface area contributed by atoms with E-state index in [0.717, 1.165) is 30.3 Å². The van der Waals surface area contributed by atoms with E-state index in [1.54, 1.807) is 6.92 Å². The molecule has 0 radical (unpaired) electrons. The minimum Gasteiger partial charge on any atom is -0.444 e. The zero-order valence-electron chi connectivity index (χ0n) is 7.92. The van der Waals surface area contributed by atoms with E-state index in [1.807, 2.05) is 11.8 Å². The van der Waals surface area contributed by atoms with Crippen molar-refractivity contribution >= 4 is 5.84 Å². The highest BCUT2D eigenvalue weighted by molar-refractivity contribution is 5.76. The Labute approximate surface area is 77.1 Å². The fourth-order valence-electron chi connectivity index (χ4n) is 1.61. The molecule has 1 aliphatic heterocycles. The molecule has 0 aromatic carbocycles. The molecule has 0 fully saturated rings. The number of hydrogen-bond donors (Lipinski definition) is 1. The molecule has 0 amide bonds. The van der Waals surface area contributed by atoms with Crippen molar-refractivity contribution in [2.45, 2.75) is 26.8 Å². The molecule has 0 unspecified atom stereocenters. The molecular weight excluding hydrogens is 166 g/mol. The maximum atomic E-state index is 7.50. The molecule has 0 aliphatic carbocycles. The summed E-state index contributed by atoms with van der Waals surface area (Å²) in [6.07, 6.45) is 0.892. The van der Waals surface area contributed by atoms with Gasteiger partial charge in [-0.15, -0.1) is 0 Å². The molecule has 1 aliphatic rings. The van der Waals surface area contributed by atoms with Crippen LogP contribution < -0.4 is 0 Å². The normalized spacial score (nSPS) is 15.7. The van der Waals surface area contributed by atoms with Gasteiger partial charge >= 0.3 is 0 Å².